The van der Waals surface area contributed by atoms with E-state index in [9.17, 15) is 4.79 Å². The largest absolute Gasteiger partial charge is 0.349 e. The summed E-state index contributed by atoms with van der Waals surface area (Å²) in [5.41, 5.74) is 2.72. The molecule has 1 amide bonds. The van der Waals surface area contributed by atoms with Gasteiger partial charge in [0.05, 0.1) is 6.04 Å². The first-order chi connectivity index (χ1) is 6.74. The molecule has 0 saturated carbocycles. The van der Waals surface area contributed by atoms with E-state index in [4.69, 9.17) is 0 Å². The van der Waals surface area contributed by atoms with Gasteiger partial charge in [-0.15, -0.1) is 0 Å². The zero-order valence-corrected chi connectivity index (χ0v) is 9.74. The molecule has 2 bridgehead atoms. The Bertz CT molecular complexity index is 416. The molecule has 0 spiro atoms. The molecule has 0 aromatic heterocycles. The highest BCUT2D eigenvalue weighted by atomic mass is 127. The van der Waals surface area contributed by atoms with Gasteiger partial charge >= 0.3 is 0 Å². The molecule has 1 aromatic rings. The van der Waals surface area contributed by atoms with E-state index in [1.807, 2.05) is 0 Å². The van der Waals surface area contributed by atoms with Gasteiger partial charge in [0, 0.05) is 9.99 Å². The summed E-state index contributed by atoms with van der Waals surface area (Å²) in [5.74, 6) is 0.677. The lowest BCUT2D eigenvalue weighted by Crippen LogP contribution is -2.31. The van der Waals surface area contributed by atoms with Crippen LogP contribution in [0.25, 0.3) is 0 Å². The predicted molar refractivity (Wildman–Crippen MR) is 62.0 cm³/mol. The molecule has 0 radical (unpaired) electrons. The fourth-order valence-corrected chi connectivity index (χ4v) is 3.08. The minimum absolute atomic E-state index is 0.206. The number of benzene rings is 1. The van der Waals surface area contributed by atoms with Crippen LogP contribution >= 0.6 is 22.6 Å². The Morgan fingerprint density at radius 2 is 2.21 bits per heavy atom. The van der Waals surface area contributed by atoms with Crippen LogP contribution in [-0.4, -0.2) is 5.91 Å². The van der Waals surface area contributed by atoms with Crippen LogP contribution in [0.1, 0.15) is 35.9 Å². The maximum Gasteiger partial charge on any atom is 0.221 e. The topological polar surface area (TPSA) is 29.1 Å². The van der Waals surface area contributed by atoms with Crippen molar-refractivity contribution in [2.75, 3.05) is 0 Å². The van der Waals surface area contributed by atoms with Gasteiger partial charge in [0.15, 0.2) is 0 Å². The van der Waals surface area contributed by atoms with E-state index in [0.717, 1.165) is 6.42 Å². The van der Waals surface area contributed by atoms with Gasteiger partial charge in [-0.05, 0) is 58.2 Å². The van der Waals surface area contributed by atoms with Crippen molar-refractivity contribution in [2.45, 2.75) is 24.8 Å². The molecule has 2 nitrogen and oxygen atoms in total. The minimum atomic E-state index is 0.206. The predicted octanol–water partition coefficient (Wildman–Crippen LogP) is 2.34. The van der Waals surface area contributed by atoms with Crippen LogP contribution in [0.15, 0.2) is 18.2 Å². The number of carbonyl (C=O) groups is 1. The molecule has 72 valence electrons. The quantitative estimate of drug-likeness (QED) is 0.732. The highest BCUT2D eigenvalue weighted by Crippen LogP contribution is 2.45. The smallest absolute Gasteiger partial charge is 0.221 e. The lowest BCUT2D eigenvalue weighted by molar-refractivity contribution is -0.123. The van der Waals surface area contributed by atoms with E-state index in [2.05, 4.69) is 46.1 Å². The van der Waals surface area contributed by atoms with Crippen molar-refractivity contribution in [3.8, 4) is 0 Å². The monoisotopic (exact) mass is 299 g/mol. The fourth-order valence-electron chi connectivity index (χ4n) is 2.56. The lowest BCUT2D eigenvalue weighted by atomic mass is 9.96. The Kier molecular flexibility index (Phi) is 1.84. The second kappa shape index (κ2) is 2.95. The van der Waals surface area contributed by atoms with Crippen molar-refractivity contribution in [2.24, 2.45) is 0 Å². The summed E-state index contributed by atoms with van der Waals surface area (Å²) in [5, 5.41) is 3.04. The van der Waals surface area contributed by atoms with Crippen molar-refractivity contribution in [3.05, 3.63) is 32.9 Å². The first kappa shape index (κ1) is 8.71. The summed E-state index contributed by atoms with van der Waals surface area (Å²) < 4.78 is 1.27. The molecule has 1 aliphatic carbocycles. The lowest BCUT2D eigenvalue weighted by Gasteiger charge is -2.19. The van der Waals surface area contributed by atoms with Crippen molar-refractivity contribution in [1.29, 1.82) is 0 Å². The van der Waals surface area contributed by atoms with Gasteiger partial charge in [-0.2, -0.15) is 0 Å². The first-order valence-electron chi connectivity index (χ1n) is 4.83. The summed E-state index contributed by atoms with van der Waals surface area (Å²) in [6.45, 7) is 0. The van der Waals surface area contributed by atoms with Crippen LogP contribution < -0.4 is 5.32 Å². The number of halogens is 1. The van der Waals surface area contributed by atoms with Gasteiger partial charge in [-0.3, -0.25) is 4.79 Å². The van der Waals surface area contributed by atoms with Gasteiger partial charge in [0.25, 0.3) is 0 Å². The summed E-state index contributed by atoms with van der Waals surface area (Å²) in [6.07, 6.45) is 1.77. The average molecular weight is 299 g/mol. The molecular weight excluding hydrogens is 289 g/mol. The third-order valence-corrected chi connectivity index (χ3v) is 3.82. The summed E-state index contributed by atoms with van der Waals surface area (Å²) in [6, 6.07) is 6.79. The summed E-state index contributed by atoms with van der Waals surface area (Å²) in [4.78, 5) is 11.4. The molecule has 2 aliphatic rings. The molecule has 3 heteroatoms. The number of fused-ring (bicyclic) bond motifs is 5. The maximum absolute atomic E-state index is 11.4. The van der Waals surface area contributed by atoms with Crippen LogP contribution in [0.5, 0.6) is 0 Å². The van der Waals surface area contributed by atoms with Gasteiger partial charge in [-0.1, -0.05) is 6.07 Å². The zero-order chi connectivity index (χ0) is 9.71. The van der Waals surface area contributed by atoms with E-state index in [1.165, 1.54) is 14.7 Å². The molecule has 2 atom stereocenters. The normalized spacial score (nSPS) is 28.5. The average Bonchev–Trinajstić information content (AvgIpc) is 2.39. The molecule has 1 N–H and O–H groups in total. The Hall–Kier alpha value is -0.580. The number of carbonyl (C=O) groups excluding carboxylic acids is 1. The maximum atomic E-state index is 11.4. The molecule has 14 heavy (non-hydrogen) atoms. The number of hydrogen-bond acceptors (Lipinski definition) is 1. The van der Waals surface area contributed by atoms with E-state index < -0.39 is 0 Å². The number of hydrogen-bond donors (Lipinski definition) is 1. The Morgan fingerprint density at radius 3 is 3.07 bits per heavy atom. The second-order valence-electron chi connectivity index (χ2n) is 4.03. The van der Waals surface area contributed by atoms with E-state index in [0.29, 0.717) is 12.3 Å². The second-order valence-corrected chi connectivity index (χ2v) is 5.28. The number of piperidine rings is 1. The van der Waals surface area contributed by atoms with Gasteiger partial charge in [0.1, 0.15) is 0 Å². The van der Waals surface area contributed by atoms with E-state index in [-0.39, 0.29) is 11.9 Å². The van der Waals surface area contributed by atoms with Crippen molar-refractivity contribution in [1.82, 2.24) is 5.32 Å². The van der Waals surface area contributed by atoms with Crippen molar-refractivity contribution < 1.29 is 4.79 Å². The van der Waals surface area contributed by atoms with Gasteiger partial charge in [0.2, 0.25) is 5.91 Å². The number of nitrogens with one attached hydrogen (secondary N) is 1. The molecular formula is C11H10INO. The Balaban J connectivity index is 2.13. The van der Waals surface area contributed by atoms with E-state index in [1.54, 1.807) is 0 Å². The van der Waals surface area contributed by atoms with Crippen LogP contribution in [0, 0.1) is 3.57 Å². The molecule has 1 aliphatic heterocycles. The zero-order valence-electron chi connectivity index (χ0n) is 7.59. The Labute approximate surface area is 96.2 Å². The van der Waals surface area contributed by atoms with Crippen LogP contribution in [0.2, 0.25) is 0 Å². The van der Waals surface area contributed by atoms with Crippen LogP contribution in [-0.2, 0) is 4.79 Å². The SMILES string of the molecule is O=C1CC2CC(N1)c1ccc(I)cc12. The summed E-state index contributed by atoms with van der Waals surface area (Å²) >= 11 is 2.33. The number of amides is 1. The molecule has 1 heterocycles. The fraction of sp³-hybridized carbons (Fsp3) is 0.364. The van der Waals surface area contributed by atoms with Crippen molar-refractivity contribution in [3.63, 3.8) is 0 Å². The van der Waals surface area contributed by atoms with Gasteiger partial charge < -0.3 is 5.32 Å². The minimum Gasteiger partial charge on any atom is -0.349 e. The Morgan fingerprint density at radius 1 is 1.36 bits per heavy atom. The van der Waals surface area contributed by atoms with Crippen LogP contribution in [0.3, 0.4) is 0 Å². The van der Waals surface area contributed by atoms with Crippen molar-refractivity contribution >= 4 is 28.5 Å². The third kappa shape index (κ3) is 1.18. The molecule has 1 saturated heterocycles. The molecule has 2 unspecified atom stereocenters. The van der Waals surface area contributed by atoms with E-state index >= 15 is 0 Å². The molecule has 1 fully saturated rings. The molecule has 1 aromatic carbocycles. The van der Waals surface area contributed by atoms with Gasteiger partial charge in [-0.25, -0.2) is 0 Å². The van der Waals surface area contributed by atoms with Crippen LogP contribution in [0.4, 0.5) is 0 Å². The standard InChI is InChI=1S/C11H10INO/c12-7-1-2-8-9(5-7)6-3-10(8)13-11(14)4-6/h1-2,5-6,10H,3-4H2,(H,13,14). The third-order valence-electron chi connectivity index (χ3n) is 3.15. The highest BCUT2D eigenvalue weighted by Gasteiger charge is 2.37. The number of rotatable bonds is 0. The highest BCUT2D eigenvalue weighted by molar-refractivity contribution is 14.1. The first-order valence-corrected chi connectivity index (χ1v) is 5.90. The summed E-state index contributed by atoms with van der Waals surface area (Å²) in [7, 11) is 0. The molecule has 3 rings (SSSR count).